The summed E-state index contributed by atoms with van der Waals surface area (Å²) in [6, 6.07) is 5.56. The third kappa shape index (κ3) is 3.24. The molecule has 0 radical (unpaired) electrons. The van der Waals surface area contributed by atoms with Crippen molar-refractivity contribution in [2.24, 2.45) is 0 Å². The van der Waals surface area contributed by atoms with Crippen molar-refractivity contribution in [3.63, 3.8) is 0 Å². The minimum atomic E-state index is -0.234. The smallest absolute Gasteiger partial charge is 0.282 e. The number of aromatic nitrogens is 3. The minimum Gasteiger partial charge on any atom is -0.360 e. The van der Waals surface area contributed by atoms with Crippen LogP contribution in [0, 0.1) is 0 Å². The van der Waals surface area contributed by atoms with Gasteiger partial charge in [0.1, 0.15) is 0 Å². The van der Waals surface area contributed by atoms with Crippen LogP contribution in [0.5, 0.6) is 0 Å². The highest BCUT2D eigenvalue weighted by Gasteiger charge is 2.12. The Bertz CT molecular complexity index is 513. The normalized spacial score (nSPS) is 10.1. The molecule has 0 aromatic carbocycles. The molecule has 2 rings (SSSR count). The van der Waals surface area contributed by atoms with Gasteiger partial charge in [0, 0.05) is 12.7 Å². The van der Waals surface area contributed by atoms with Crippen LogP contribution in [0.4, 0.5) is 5.13 Å². The number of anilines is 1. The molecule has 0 unspecified atom stereocenters. The monoisotopic (exact) mass is 263 g/mol. The first-order valence-corrected chi connectivity index (χ1v) is 6.36. The number of rotatable bonds is 5. The number of hydrogen-bond acceptors (Lipinski definition) is 6. The van der Waals surface area contributed by atoms with Gasteiger partial charge in [-0.15, -0.1) is 10.2 Å². The number of amides is 1. The van der Waals surface area contributed by atoms with Crippen LogP contribution in [0.1, 0.15) is 22.4 Å². The van der Waals surface area contributed by atoms with E-state index in [-0.39, 0.29) is 5.91 Å². The van der Waals surface area contributed by atoms with E-state index in [0.717, 1.165) is 12.2 Å². The number of nitrogens with zero attached hydrogens (tertiary/aromatic N) is 3. The molecule has 0 spiro atoms. The third-order valence-electron chi connectivity index (χ3n) is 2.10. The summed E-state index contributed by atoms with van der Waals surface area (Å²) in [4.78, 5) is 15.9. The summed E-state index contributed by atoms with van der Waals surface area (Å²) < 4.78 is 0. The highest BCUT2D eigenvalue weighted by atomic mass is 32.1. The van der Waals surface area contributed by atoms with E-state index in [2.05, 4.69) is 25.8 Å². The number of carbonyl (C=O) groups excluding carboxylic acids is 1. The van der Waals surface area contributed by atoms with Crippen LogP contribution in [-0.2, 0) is 6.54 Å². The summed E-state index contributed by atoms with van der Waals surface area (Å²) in [5.41, 5.74) is 0.808. The predicted octanol–water partition coefficient (Wildman–Crippen LogP) is 1.29. The quantitative estimate of drug-likeness (QED) is 0.849. The van der Waals surface area contributed by atoms with E-state index in [9.17, 15) is 4.79 Å². The topological polar surface area (TPSA) is 79.8 Å². The van der Waals surface area contributed by atoms with Crippen LogP contribution in [0.15, 0.2) is 24.4 Å². The second kappa shape index (κ2) is 6.06. The minimum absolute atomic E-state index is 0.234. The fraction of sp³-hybridized carbons (Fsp3) is 0.273. The van der Waals surface area contributed by atoms with Crippen molar-refractivity contribution in [3.05, 3.63) is 35.1 Å². The Kier molecular flexibility index (Phi) is 4.19. The number of hydrogen-bond donors (Lipinski definition) is 2. The van der Waals surface area contributed by atoms with Crippen LogP contribution in [0.25, 0.3) is 0 Å². The second-order valence-corrected chi connectivity index (χ2v) is 4.42. The molecule has 0 bridgehead atoms. The average molecular weight is 263 g/mol. The molecule has 2 aromatic heterocycles. The van der Waals surface area contributed by atoms with Gasteiger partial charge in [0.2, 0.25) is 10.1 Å². The summed E-state index contributed by atoms with van der Waals surface area (Å²) in [5.74, 6) is -0.234. The zero-order chi connectivity index (χ0) is 12.8. The highest BCUT2D eigenvalue weighted by molar-refractivity contribution is 7.17. The van der Waals surface area contributed by atoms with Crippen molar-refractivity contribution >= 4 is 22.4 Å². The zero-order valence-corrected chi connectivity index (χ0v) is 10.7. The van der Waals surface area contributed by atoms with E-state index >= 15 is 0 Å². The Morgan fingerprint density at radius 3 is 3.00 bits per heavy atom. The molecule has 7 heteroatoms. The average Bonchev–Trinajstić information content (AvgIpc) is 2.86. The van der Waals surface area contributed by atoms with Crippen molar-refractivity contribution < 1.29 is 4.79 Å². The van der Waals surface area contributed by atoms with Crippen LogP contribution in [0.3, 0.4) is 0 Å². The van der Waals surface area contributed by atoms with Gasteiger partial charge in [-0.2, -0.15) is 0 Å². The van der Waals surface area contributed by atoms with Crippen LogP contribution < -0.4 is 10.6 Å². The molecule has 0 aliphatic carbocycles. The molecule has 18 heavy (non-hydrogen) atoms. The Hall–Kier alpha value is -2.02. The highest BCUT2D eigenvalue weighted by Crippen LogP contribution is 2.14. The molecular weight excluding hydrogens is 250 g/mol. The fourth-order valence-corrected chi connectivity index (χ4v) is 2.01. The summed E-state index contributed by atoms with van der Waals surface area (Å²) in [6.45, 7) is 3.10. The lowest BCUT2D eigenvalue weighted by molar-refractivity contribution is 0.0949. The van der Waals surface area contributed by atoms with Crippen molar-refractivity contribution in [1.29, 1.82) is 0 Å². The van der Waals surface area contributed by atoms with Crippen molar-refractivity contribution in [2.45, 2.75) is 13.5 Å². The van der Waals surface area contributed by atoms with Gasteiger partial charge >= 0.3 is 0 Å². The largest absolute Gasteiger partial charge is 0.360 e. The molecule has 2 N–H and O–H groups in total. The molecule has 0 aliphatic heterocycles. The van der Waals surface area contributed by atoms with E-state index in [1.165, 1.54) is 11.3 Å². The van der Waals surface area contributed by atoms with E-state index in [1.807, 2.05) is 25.1 Å². The Labute approximate surface area is 108 Å². The molecule has 0 saturated carbocycles. The molecule has 2 heterocycles. The van der Waals surface area contributed by atoms with Gasteiger partial charge in [-0.25, -0.2) is 0 Å². The molecule has 6 nitrogen and oxygen atoms in total. The summed E-state index contributed by atoms with van der Waals surface area (Å²) in [5, 5.41) is 14.4. The lowest BCUT2D eigenvalue weighted by Gasteiger charge is -2.01. The number of pyridine rings is 1. The molecule has 0 aliphatic rings. The first kappa shape index (κ1) is 12.4. The molecular formula is C11H13N5OS. The molecule has 94 valence electrons. The standard InChI is InChI=1S/C11H13N5OS/c1-2-12-11-16-15-10(18-11)9(17)14-7-8-5-3-4-6-13-8/h3-6H,2,7H2,1H3,(H,12,16)(H,14,17). The molecule has 0 atom stereocenters. The number of carbonyl (C=O) groups is 1. The van der Waals surface area contributed by atoms with E-state index < -0.39 is 0 Å². The Balaban J connectivity index is 1.91. The van der Waals surface area contributed by atoms with Crippen LogP contribution in [-0.4, -0.2) is 27.6 Å². The van der Waals surface area contributed by atoms with Gasteiger partial charge < -0.3 is 10.6 Å². The fourth-order valence-electron chi connectivity index (χ4n) is 1.29. The summed E-state index contributed by atoms with van der Waals surface area (Å²) in [7, 11) is 0. The molecule has 2 aromatic rings. The lowest BCUT2D eigenvalue weighted by Crippen LogP contribution is -2.23. The van der Waals surface area contributed by atoms with E-state index in [1.54, 1.807) is 6.20 Å². The van der Waals surface area contributed by atoms with Gasteiger partial charge in [0.15, 0.2) is 0 Å². The van der Waals surface area contributed by atoms with Crippen molar-refractivity contribution in [3.8, 4) is 0 Å². The summed E-state index contributed by atoms with van der Waals surface area (Å²) in [6.07, 6.45) is 1.69. The van der Waals surface area contributed by atoms with Crippen molar-refractivity contribution in [1.82, 2.24) is 20.5 Å². The third-order valence-corrected chi connectivity index (χ3v) is 2.98. The Morgan fingerprint density at radius 1 is 1.39 bits per heavy atom. The van der Waals surface area contributed by atoms with Crippen LogP contribution >= 0.6 is 11.3 Å². The number of nitrogens with one attached hydrogen (secondary N) is 2. The van der Waals surface area contributed by atoms with E-state index in [0.29, 0.717) is 16.7 Å². The van der Waals surface area contributed by atoms with Crippen LogP contribution in [0.2, 0.25) is 0 Å². The lowest BCUT2D eigenvalue weighted by atomic mass is 10.3. The van der Waals surface area contributed by atoms with Gasteiger partial charge in [-0.05, 0) is 19.1 Å². The van der Waals surface area contributed by atoms with Gasteiger partial charge in [-0.1, -0.05) is 17.4 Å². The second-order valence-electron chi connectivity index (χ2n) is 3.45. The summed E-state index contributed by atoms with van der Waals surface area (Å²) >= 11 is 1.23. The molecule has 1 amide bonds. The molecule has 0 fully saturated rings. The zero-order valence-electron chi connectivity index (χ0n) is 9.88. The maximum Gasteiger partial charge on any atom is 0.282 e. The van der Waals surface area contributed by atoms with Crippen molar-refractivity contribution in [2.75, 3.05) is 11.9 Å². The SMILES string of the molecule is CCNc1nnc(C(=O)NCc2ccccn2)s1. The maximum absolute atomic E-state index is 11.8. The molecule has 0 saturated heterocycles. The maximum atomic E-state index is 11.8. The van der Waals surface area contributed by atoms with E-state index in [4.69, 9.17) is 0 Å². The predicted molar refractivity (Wildman–Crippen MR) is 69.5 cm³/mol. The first-order chi connectivity index (χ1) is 8.79. The van der Waals surface area contributed by atoms with Gasteiger partial charge in [-0.3, -0.25) is 9.78 Å². The first-order valence-electron chi connectivity index (χ1n) is 5.55. The van der Waals surface area contributed by atoms with Gasteiger partial charge in [0.05, 0.1) is 12.2 Å². The Morgan fingerprint density at radius 2 is 2.28 bits per heavy atom. The van der Waals surface area contributed by atoms with Gasteiger partial charge in [0.25, 0.3) is 5.91 Å².